The number of rotatable bonds is 7. The average molecular weight is 444 g/mol. The van der Waals surface area contributed by atoms with Crippen LogP contribution in [0.4, 0.5) is 24.5 Å². The average Bonchev–Trinajstić information content (AvgIpc) is 2.74. The van der Waals surface area contributed by atoms with Gasteiger partial charge in [0.15, 0.2) is 0 Å². The van der Waals surface area contributed by atoms with Gasteiger partial charge in [-0.3, -0.25) is 0 Å². The van der Waals surface area contributed by atoms with Crippen LogP contribution in [0.3, 0.4) is 0 Å². The molecule has 9 heteroatoms. The van der Waals surface area contributed by atoms with Crippen molar-refractivity contribution >= 4 is 23.3 Å². The normalized spacial score (nSPS) is 11.2. The van der Waals surface area contributed by atoms with Gasteiger partial charge >= 0.3 is 18.1 Å². The van der Waals surface area contributed by atoms with Crippen molar-refractivity contribution in [1.29, 1.82) is 0 Å². The highest BCUT2D eigenvalue weighted by Gasteiger charge is 2.31. The summed E-state index contributed by atoms with van der Waals surface area (Å²) in [6, 6.07) is 13.5. The second kappa shape index (κ2) is 9.11. The minimum absolute atomic E-state index is 0.0167. The van der Waals surface area contributed by atoms with Crippen LogP contribution in [0, 0.1) is 0 Å². The molecular formula is C23H19F3N2O4. The molecule has 0 unspecified atom stereocenters. The van der Waals surface area contributed by atoms with Gasteiger partial charge in [-0.05, 0) is 47.0 Å². The van der Waals surface area contributed by atoms with Gasteiger partial charge < -0.3 is 21.3 Å². The Morgan fingerprint density at radius 3 is 2.16 bits per heavy atom. The Labute approximate surface area is 181 Å². The van der Waals surface area contributed by atoms with Gasteiger partial charge in [0.2, 0.25) is 0 Å². The molecule has 32 heavy (non-hydrogen) atoms. The summed E-state index contributed by atoms with van der Waals surface area (Å²) in [6.07, 6.45) is -4.60. The number of hydrogen-bond donors (Lipinski definition) is 4. The van der Waals surface area contributed by atoms with Crippen LogP contribution in [0.2, 0.25) is 0 Å². The molecule has 0 heterocycles. The molecular weight excluding hydrogens is 425 g/mol. The maximum Gasteiger partial charge on any atom is 0.416 e. The Kier molecular flexibility index (Phi) is 6.50. The lowest BCUT2D eigenvalue weighted by Crippen LogP contribution is -2.10. The molecule has 0 saturated carbocycles. The number of anilines is 2. The fraction of sp³-hybridized carbons (Fsp3) is 0.130. The summed E-state index contributed by atoms with van der Waals surface area (Å²) in [5.74, 6) is -2.43. The van der Waals surface area contributed by atoms with Gasteiger partial charge in [0.05, 0.1) is 22.4 Å². The smallest absolute Gasteiger partial charge is 0.416 e. The zero-order valence-electron chi connectivity index (χ0n) is 16.6. The lowest BCUT2D eigenvalue weighted by atomic mass is 9.97. The lowest BCUT2D eigenvalue weighted by Gasteiger charge is -2.18. The van der Waals surface area contributed by atoms with Gasteiger partial charge in [-0.2, -0.15) is 13.2 Å². The van der Waals surface area contributed by atoms with E-state index in [-0.39, 0.29) is 35.5 Å². The number of carboxylic acid groups (broad SMARTS) is 2. The van der Waals surface area contributed by atoms with Crippen LogP contribution in [0.1, 0.15) is 43.0 Å². The zero-order chi connectivity index (χ0) is 23.5. The van der Waals surface area contributed by atoms with Gasteiger partial charge in [-0.25, -0.2) is 9.59 Å². The van der Waals surface area contributed by atoms with E-state index in [1.165, 1.54) is 24.3 Å². The minimum atomic E-state index is -4.62. The van der Waals surface area contributed by atoms with Gasteiger partial charge in [-0.15, -0.1) is 0 Å². The highest BCUT2D eigenvalue weighted by Crippen LogP contribution is 2.35. The highest BCUT2D eigenvalue weighted by atomic mass is 19.4. The van der Waals surface area contributed by atoms with Crippen molar-refractivity contribution in [3.63, 3.8) is 0 Å². The molecule has 0 spiro atoms. The van der Waals surface area contributed by atoms with E-state index in [0.29, 0.717) is 16.7 Å². The maximum atomic E-state index is 13.3. The summed E-state index contributed by atoms with van der Waals surface area (Å²) >= 11 is 0. The largest absolute Gasteiger partial charge is 0.478 e. The second-order valence-corrected chi connectivity index (χ2v) is 7.02. The number of hydrogen-bond acceptors (Lipinski definition) is 4. The molecule has 0 aliphatic rings. The summed E-state index contributed by atoms with van der Waals surface area (Å²) in [4.78, 5) is 23.2. The molecule has 5 N–H and O–H groups in total. The van der Waals surface area contributed by atoms with E-state index in [1.807, 2.05) is 0 Å². The first kappa shape index (κ1) is 22.8. The maximum absolute atomic E-state index is 13.3. The number of carboxylic acids is 2. The van der Waals surface area contributed by atoms with Crippen molar-refractivity contribution in [2.75, 3.05) is 5.32 Å². The zero-order valence-corrected chi connectivity index (χ0v) is 16.6. The first-order valence-corrected chi connectivity index (χ1v) is 9.44. The third-order valence-electron chi connectivity index (χ3n) is 4.89. The number of benzene rings is 3. The van der Waals surface area contributed by atoms with E-state index in [4.69, 9.17) is 5.73 Å². The third-order valence-corrected chi connectivity index (χ3v) is 4.89. The van der Waals surface area contributed by atoms with Crippen molar-refractivity contribution in [3.8, 4) is 0 Å². The summed E-state index contributed by atoms with van der Waals surface area (Å²) in [5, 5.41) is 21.7. The molecule has 6 nitrogen and oxygen atoms in total. The molecule has 3 aromatic carbocycles. The predicted molar refractivity (Wildman–Crippen MR) is 112 cm³/mol. The summed E-state index contributed by atoms with van der Waals surface area (Å²) in [6.45, 7) is 0.0986. The highest BCUT2D eigenvalue weighted by molar-refractivity contribution is 5.95. The molecule has 0 fully saturated rings. The quantitative estimate of drug-likeness (QED) is 0.413. The van der Waals surface area contributed by atoms with Crippen LogP contribution in [0.5, 0.6) is 0 Å². The molecule has 3 aromatic rings. The van der Waals surface area contributed by atoms with E-state index >= 15 is 0 Å². The summed E-state index contributed by atoms with van der Waals surface area (Å²) in [7, 11) is 0. The van der Waals surface area contributed by atoms with E-state index in [2.05, 4.69) is 5.32 Å². The van der Waals surface area contributed by atoms with Crippen molar-refractivity contribution < 1.29 is 33.0 Å². The number of nitrogens with two attached hydrogens (primary N) is 1. The topological polar surface area (TPSA) is 113 Å². The van der Waals surface area contributed by atoms with E-state index in [0.717, 1.165) is 12.1 Å². The van der Waals surface area contributed by atoms with Crippen molar-refractivity contribution in [2.45, 2.75) is 19.1 Å². The molecule has 0 aromatic heterocycles. The van der Waals surface area contributed by atoms with Crippen LogP contribution in [-0.2, 0) is 19.1 Å². The SMILES string of the molecule is NCc1ccc(Nc2cc(C(F)(F)F)ccc2Cc2ccccc2C(=O)O)c(C(=O)O)c1. The Hall–Kier alpha value is -3.85. The van der Waals surface area contributed by atoms with Crippen molar-refractivity contribution in [3.05, 3.63) is 94.0 Å². The fourth-order valence-electron chi connectivity index (χ4n) is 3.26. The van der Waals surface area contributed by atoms with Crippen LogP contribution in [-0.4, -0.2) is 22.2 Å². The molecule has 0 radical (unpaired) electrons. The molecule has 0 bridgehead atoms. The number of nitrogens with one attached hydrogen (secondary N) is 1. The Bertz CT molecular complexity index is 1180. The molecule has 0 amide bonds. The van der Waals surface area contributed by atoms with Crippen LogP contribution in [0.15, 0.2) is 60.7 Å². The molecule has 3 rings (SSSR count). The van der Waals surface area contributed by atoms with Crippen molar-refractivity contribution in [2.24, 2.45) is 5.73 Å². The van der Waals surface area contributed by atoms with E-state index in [9.17, 15) is 33.0 Å². The Morgan fingerprint density at radius 1 is 0.844 bits per heavy atom. The summed E-state index contributed by atoms with van der Waals surface area (Å²) < 4.78 is 40.0. The summed E-state index contributed by atoms with van der Waals surface area (Å²) in [5.41, 5.74) is 5.92. The molecule has 0 saturated heterocycles. The van der Waals surface area contributed by atoms with Gasteiger partial charge in [0.25, 0.3) is 0 Å². The van der Waals surface area contributed by atoms with E-state index < -0.39 is 23.7 Å². The molecule has 0 aliphatic heterocycles. The standard InChI is InChI=1S/C23H19F3N2O4/c24-23(25,26)16-7-6-15(10-14-3-1-2-4-17(14)21(29)30)20(11-16)28-19-8-5-13(12-27)9-18(19)22(31)32/h1-9,11,28H,10,12,27H2,(H,29,30)(H,31,32). The second-order valence-electron chi connectivity index (χ2n) is 7.02. The van der Waals surface area contributed by atoms with Gasteiger partial charge in [0.1, 0.15) is 0 Å². The monoisotopic (exact) mass is 444 g/mol. The molecule has 0 aliphatic carbocycles. The van der Waals surface area contributed by atoms with E-state index in [1.54, 1.807) is 24.3 Å². The lowest BCUT2D eigenvalue weighted by molar-refractivity contribution is -0.137. The molecule has 166 valence electrons. The third kappa shape index (κ3) is 5.06. The minimum Gasteiger partial charge on any atom is -0.478 e. The van der Waals surface area contributed by atoms with Crippen LogP contribution < -0.4 is 11.1 Å². The van der Waals surface area contributed by atoms with Crippen molar-refractivity contribution in [1.82, 2.24) is 0 Å². The number of aromatic carboxylic acids is 2. The Balaban J connectivity index is 2.10. The van der Waals surface area contributed by atoms with Gasteiger partial charge in [0, 0.05) is 18.7 Å². The first-order valence-electron chi connectivity index (χ1n) is 9.44. The Morgan fingerprint density at radius 2 is 1.53 bits per heavy atom. The number of carbonyl (C=O) groups is 2. The predicted octanol–water partition coefficient (Wildman–Crippen LogP) is 4.89. The van der Waals surface area contributed by atoms with Crippen LogP contribution >= 0.6 is 0 Å². The van der Waals surface area contributed by atoms with Crippen LogP contribution in [0.25, 0.3) is 0 Å². The number of halogens is 3. The number of alkyl halides is 3. The fourth-order valence-corrected chi connectivity index (χ4v) is 3.26. The first-order chi connectivity index (χ1) is 15.1. The van der Waals surface area contributed by atoms with Gasteiger partial charge in [-0.1, -0.05) is 30.3 Å². The molecule has 0 atom stereocenters.